The van der Waals surface area contributed by atoms with Crippen molar-refractivity contribution in [2.75, 3.05) is 0 Å². The average Bonchev–Trinajstić information content (AvgIpc) is 2.28. The second-order valence-corrected chi connectivity index (χ2v) is 8.76. The molecule has 3 heteroatoms. The second-order valence-electron chi connectivity index (χ2n) is 5.05. The van der Waals surface area contributed by atoms with Crippen LogP contribution in [-0.2, 0) is 8.85 Å². The van der Waals surface area contributed by atoms with Crippen molar-refractivity contribution in [3.05, 3.63) is 0 Å². The lowest BCUT2D eigenvalue weighted by Crippen LogP contribution is -2.45. The second kappa shape index (κ2) is 9.12. The van der Waals surface area contributed by atoms with Crippen molar-refractivity contribution in [2.45, 2.75) is 91.5 Å². The van der Waals surface area contributed by atoms with Gasteiger partial charge >= 0.3 is 8.56 Å². The van der Waals surface area contributed by atoms with Crippen molar-refractivity contribution in [1.29, 1.82) is 0 Å². The lowest BCUT2D eigenvalue weighted by Gasteiger charge is -2.34. The average molecular weight is 260 g/mol. The van der Waals surface area contributed by atoms with Gasteiger partial charge in [0.1, 0.15) is 0 Å². The minimum atomic E-state index is -1.94. The van der Waals surface area contributed by atoms with Crippen molar-refractivity contribution in [3.63, 3.8) is 0 Å². The van der Waals surface area contributed by atoms with Gasteiger partial charge in [-0.2, -0.15) is 0 Å². The van der Waals surface area contributed by atoms with Gasteiger partial charge in [-0.25, -0.2) is 0 Å². The number of hydrogen-bond donors (Lipinski definition) is 0. The molecule has 0 heterocycles. The first-order valence-electron chi connectivity index (χ1n) is 7.39. The largest absolute Gasteiger partial charge is 0.391 e. The highest BCUT2D eigenvalue weighted by molar-refractivity contribution is 6.67. The molecule has 0 saturated heterocycles. The van der Waals surface area contributed by atoms with Crippen LogP contribution in [0.15, 0.2) is 0 Å². The molecular formula is C14H32O2Si. The fraction of sp³-hybridized carbons (Fsp3) is 1.00. The predicted octanol–water partition coefficient (Wildman–Crippen LogP) is 4.88. The van der Waals surface area contributed by atoms with E-state index in [2.05, 4.69) is 41.5 Å². The van der Waals surface area contributed by atoms with Gasteiger partial charge in [0.15, 0.2) is 0 Å². The summed E-state index contributed by atoms with van der Waals surface area (Å²) in [5, 5.41) is 0. The van der Waals surface area contributed by atoms with Gasteiger partial charge in [-0.15, -0.1) is 0 Å². The molecule has 0 bridgehead atoms. The normalized spacial score (nSPS) is 15.9. The maximum Gasteiger partial charge on any atom is 0.338 e. The van der Waals surface area contributed by atoms with Gasteiger partial charge in [0, 0.05) is 12.2 Å². The van der Waals surface area contributed by atoms with Crippen LogP contribution in [-0.4, -0.2) is 20.8 Å². The maximum atomic E-state index is 6.31. The molecule has 0 aromatic rings. The highest BCUT2D eigenvalue weighted by Gasteiger charge is 2.36. The van der Waals surface area contributed by atoms with Crippen molar-refractivity contribution < 1.29 is 8.85 Å². The molecule has 17 heavy (non-hydrogen) atoms. The summed E-state index contributed by atoms with van der Waals surface area (Å²) in [6.45, 7) is 13.2. The van der Waals surface area contributed by atoms with Gasteiger partial charge in [0.25, 0.3) is 0 Å². The van der Waals surface area contributed by atoms with E-state index >= 15 is 0 Å². The van der Waals surface area contributed by atoms with Crippen LogP contribution in [0.4, 0.5) is 0 Å². The zero-order chi connectivity index (χ0) is 13.3. The van der Waals surface area contributed by atoms with E-state index < -0.39 is 8.56 Å². The third-order valence-corrected chi connectivity index (χ3v) is 7.12. The number of rotatable bonds is 10. The molecular weight excluding hydrogens is 228 g/mol. The molecule has 2 atom stereocenters. The van der Waals surface area contributed by atoms with E-state index in [0.29, 0.717) is 12.2 Å². The van der Waals surface area contributed by atoms with E-state index in [0.717, 1.165) is 24.9 Å². The summed E-state index contributed by atoms with van der Waals surface area (Å²) in [7, 11) is -1.94. The molecule has 0 N–H and O–H groups in total. The Balaban J connectivity index is 4.43. The van der Waals surface area contributed by atoms with Crippen LogP contribution < -0.4 is 0 Å². The van der Waals surface area contributed by atoms with Crippen molar-refractivity contribution >= 4 is 8.56 Å². The molecule has 0 aromatic carbocycles. The predicted molar refractivity (Wildman–Crippen MR) is 77.6 cm³/mol. The first kappa shape index (κ1) is 17.1. The minimum absolute atomic E-state index is 0.348. The molecule has 0 fully saturated rings. The van der Waals surface area contributed by atoms with E-state index in [-0.39, 0.29) is 0 Å². The van der Waals surface area contributed by atoms with E-state index in [1.165, 1.54) is 12.8 Å². The molecule has 0 aromatic heterocycles. The standard InChI is InChI=1S/C14H32O2Si/c1-7-11-13(5)15-17(9-3,10-4)16-14(6)12-8-2/h13-14H,7-12H2,1-6H3. The van der Waals surface area contributed by atoms with Crippen LogP contribution in [0.2, 0.25) is 12.1 Å². The topological polar surface area (TPSA) is 18.5 Å². The molecule has 2 nitrogen and oxygen atoms in total. The van der Waals surface area contributed by atoms with Crippen LogP contribution in [0.5, 0.6) is 0 Å². The monoisotopic (exact) mass is 260 g/mol. The quantitative estimate of drug-likeness (QED) is 0.521. The lowest BCUT2D eigenvalue weighted by molar-refractivity contribution is 0.0837. The Hall–Kier alpha value is 0.137. The Morgan fingerprint density at radius 3 is 1.35 bits per heavy atom. The molecule has 104 valence electrons. The van der Waals surface area contributed by atoms with Gasteiger partial charge in [-0.05, 0) is 38.8 Å². The Labute approximate surface area is 109 Å². The summed E-state index contributed by atoms with van der Waals surface area (Å²) in [6, 6.07) is 2.12. The van der Waals surface area contributed by atoms with Gasteiger partial charge in [-0.3, -0.25) is 0 Å². The summed E-state index contributed by atoms with van der Waals surface area (Å²) in [5.41, 5.74) is 0. The maximum absolute atomic E-state index is 6.31. The van der Waals surface area contributed by atoms with Crippen LogP contribution in [0, 0.1) is 0 Å². The molecule has 0 saturated carbocycles. The molecule has 0 aliphatic heterocycles. The van der Waals surface area contributed by atoms with Gasteiger partial charge in [-0.1, -0.05) is 40.5 Å². The molecule has 0 rings (SSSR count). The van der Waals surface area contributed by atoms with E-state index in [1.807, 2.05) is 0 Å². The Bertz CT molecular complexity index is 165. The molecule has 0 aliphatic carbocycles. The highest BCUT2D eigenvalue weighted by atomic mass is 28.4. The van der Waals surface area contributed by atoms with Crippen molar-refractivity contribution in [2.24, 2.45) is 0 Å². The van der Waals surface area contributed by atoms with Crippen LogP contribution in [0.3, 0.4) is 0 Å². The first-order valence-corrected chi connectivity index (χ1v) is 9.62. The molecule has 2 unspecified atom stereocenters. The van der Waals surface area contributed by atoms with E-state index in [4.69, 9.17) is 8.85 Å². The molecule has 0 amide bonds. The highest BCUT2D eigenvalue weighted by Crippen LogP contribution is 2.24. The third kappa shape index (κ3) is 6.58. The summed E-state index contributed by atoms with van der Waals surface area (Å²) in [4.78, 5) is 0. The minimum Gasteiger partial charge on any atom is -0.391 e. The van der Waals surface area contributed by atoms with Crippen molar-refractivity contribution in [3.8, 4) is 0 Å². The van der Waals surface area contributed by atoms with Crippen LogP contribution in [0.25, 0.3) is 0 Å². The summed E-state index contributed by atoms with van der Waals surface area (Å²) < 4.78 is 12.6. The Morgan fingerprint density at radius 1 is 0.765 bits per heavy atom. The van der Waals surface area contributed by atoms with Crippen LogP contribution in [0.1, 0.15) is 67.2 Å². The summed E-state index contributed by atoms with van der Waals surface area (Å²) >= 11 is 0. The van der Waals surface area contributed by atoms with Gasteiger partial charge in [0.2, 0.25) is 0 Å². The summed E-state index contributed by atoms with van der Waals surface area (Å²) in [6.07, 6.45) is 5.34. The van der Waals surface area contributed by atoms with Crippen LogP contribution >= 0.6 is 0 Å². The van der Waals surface area contributed by atoms with E-state index in [9.17, 15) is 0 Å². The smallest absolute Gasteiger partial charge is 0.338 e. The van der Waals surface area contributed by atoms with Gasteiger partial charge in [0.05, 0.1) is 0 Å². The fourth-order valence-corrected chi connectivity index (χ4v) is 5.20. The summed E-state index contributed by atoms with van der Waals surface area (Å²) in [5.74, 6) is 0. The fourth-order valence-electron chi connectivity index (χ4n) is 2.28. The molecule has 0 spiro atoms. The first-order chi connectivity index (χ1) is 8.03. The third-order valence-electron chi connectivity index (χ3n) is 3.30. The zero-order valence-corrected chi connectivity index (χ0v) is 13.7. The Morgan fingerprint density at radius 2 is 1.12 bits per heavy atom. The lowest BCUT2D eigenvalue weighted by atomic mass is 10.2. The van der Waals surface area contributed by atoms with Crippen molar-refractivity contribution in [1.82, 2.24) is 0 Å². The zero-order valence-electron chi connectivity index (χ0n) is 12.7. The van der Waals surface area contributed by atoms with E-state index in [1.54, 1.807) is 0 Å². The SMILES string of the molecule is CCCC(C)O[Si](CC)(CC)OC(C)CCC. The molecule has 0 radical (unpaired) electrons. The Kier molecular flexibility index (Phi) is 9.19. The van der Waals surface area contributed by atoms with Gasteiger partial charge < -0.3 is 8.85 Å². The molecule has 0 aliphatic rings. The number of hydrogen-bond acceptors (Lipinski definition) is 2.